The van der Waals surface area contributed by atoms with E-state index in [1.54, 1.807) is 0 Å². The Morgan fingerprint density at radius 1 is 0.339 bits per heavy atom. The van der Waals surface area contributed by atoms with Gasteiger partial charge in [0.25, 0.3) is 0 Å². The van der Waals surface area contributed by atoms with Crippen molar-refractivity contribution in [1.29, 1.82) is 0 Å². The molecule has 0 aliphatic rings. The molecule has 0 saturated carbocycles. The quantitative estimate of drug-likeness (QED) is 0.117. The highest BCUT2D eigenvalue weighted by Gasteiger charge is 2.19. The average Bonchev–Trinajstić information content (AvgIpc) is 3.82. The first-order valence-electron chi connectivity index (χ1n) is 20.3. The van der Waals surface area contributed by atoms with Crippen LogP contribution in [0.25, 0.3) is 88.7 Å². The molecule has 12 rings (SSSR count). The van der Waals surface area contributed by atoms with Crippen LogP contribution in [-0.4, -0.2) is 9.13 Å². The lowest BCUT2D eigenvalue weighted by Gasteiger charge is -2.27. The van der Waals surface area contributed by atoms with Crippen LogP contribution in [0, 0.1) is 0 Å². The van der Waals surface area contributed by atoms with E-state index in [2.05, 4.69) is 239 Å². The predicted octanol–water partition coefficient (Wildman–Crippen LogP) is 15.3. The van der Waals surface area contributed by atoms with Crippen molar-refractivity contribution in [3.63, 3.8) is 0 Å². The summed E-state index contributed by atoms with van der Waals surface area (Å²) in [6.45, 7) is 0. The molecule has 3 nitrogen and oxygen atoms in total. The Morgan fingerprint density at radius 3 is 1.64 bits per heavy atom. The molecule has 0 bridgehead atoms. The molecule has 0 aliphatic heterocycles. The molecule has 12 aromatic rings. The number of nitrogens with zero attached hydrogens (tertiary/aromatic N) is 3. The van der Waals surface area contributed by atoms with Gasteiger partial charge in [-0.25, -0.2) is 0 Å². The lowest BCUT2D eigenvalue weighted by molar-refractivity contribution is 1.17. The number of fused-ring (bicyclic) bond motifs is 4. The lowest BCUT2D eigenvalue weighted by atomic mass is 9.98. The first-order valence-corrected chi connectivity index (χ1v) is 20.3. The molecule has 0 N–H and O–H groups in total. The van der Waals surface area contributed by atoms with Gasteiger partial charge in [-0.2, -0.15) is 0 Å². The van der Waals surface area contributed by atoms with E-state index in [4.69, 9.17) is 0 Å². The molecule has 0 spiro atoms. The van der Waals surface area contributed by atoms with Crippen LogP contribution in [-0.2, 0) is 0 Å². The van der Waals surface area contributed by atoms with Gasteiger partial charge in [-0.3, -0.25) is 0 Å². The minimum absolute atomic E-state index is 1.10. The molecule has 0 radical (unpaired) electrons. The van der Waals surface area contributed by atoms with Gasteiger partial charge in [0.05, 0.1) is 27.8 Å². The number of rotatable bonds is 7. The van der Waals surface area contributed by atoms with E-state index < -0.39 is 0 Å². The largest absolute Gasteiger partial charge is 0.310 e. The number of hydrogen-bond acceptors (Lipinski definition) is 1. The summed E-state index contributed by atoms with van der Waals surface area (Å²) < 4.78 is 4.79. The maximum atomic E-state index is 2.42. The molecular formula is C56H37N3. The zero-order valence-electron chi connectivity index (χ0n) is 32.2. The van der Waals surface area contributed by atoms with Gasteiger partial charge in [0.2, 0.25) is 0 Å². The summed E-state index contributed by atoms with van der Waals surface area (Å²) in [5.74, 6) is 0. The first-order chi connectivity index (χ1) is 29.3. The topological polar surface area (TPSA) is 13.1 Å². The average molecular weight is 752 g/mol. The summed E-state index contributed by atoms with van der Waals surface area (Å²) in [7, 11) is 0. The van der Waals surface area contributed by atoms with Gasteiger partial charge in [-0.1, -0.05) is 140 Å². The Kier molecular flexibility index (Phi) is 7.54. The molecule has 0 aliphatic carbocycles. The molecule has 0 fully saturated rings. The molecule has 0 saturated heterocycles. The maximum absolute atomic E-state index is 2.42. The van der Waals surface area contributed by atoms with Gasteiger partial charge in [-0.05, 0) is 112 Å². The minimum atomic E-state index is 1.10. The smallest absolute Gasteiger partial charge is 0.0553 e. The van der Waals surface area contributed by atoms with E-state index in [1.807, 2.05) is 0 Å². The molecule has 0 unspecified atom stereocenters. The van der Waals surface area contributed by atoms with E-state index in [-0.39, 0.29) is 0 Å². The van der Waals surface area contributed by atoms with Crippen LogP contribution in [0.2, 0.25) is 0 Å². The van der Waals surface area contributed by atoms with Gasteiger partial charge in [0, 0.05) is 49.7 Å². The molecule has 59 heavy (non-hydrogen) atoms. The Balaban J connectivity index is 0.967. The zero-order chi connectivity index (χ0) is 38.9. The fraction of sp³-hybridized carbons (Fsp3) is 0. The molecule has 0 atom stereocenters. The van der Waals surface area contributed by atoms with Crippen LogP contribution in [0.1, 0.15) is 11.1 Å². The standard InChI is InChI=1S/C56H37N3/c1-3-15-42(16-4-1)57(44-31-33-45(34-32-44)58-50-23-11-9-21-48(50)49-22-10-12-24-51(49)58)52-35-30-39(46-19-7-8-20-47(46)52)27-26-38-36-41-29-28-40-14-13-25-53-55(40)56(41)54(37-38)59(53)43-17-5-2-6-18-43/h1-37H. The van der Waals surface area contributed by atoms with E-state index in [0.717, 1.165) is 22.7 Å². The lowest BCUT2D eigenvalue weighted by Crippen LogP contribution is -2.10. The SMILES string of the molecule is C(=Cc1ccc(N(c2ccccc2)c2ccc(-n3c4ccccc4c4ccccc43)cc2)c2ccccc12)c1cc2ccc3cccc4c3c2c(c1)n4-c1ccccc1. The summed E-state index contributed by atoms with van der Waals surface area (Å²) in [5, 5.41) is 10.1. The Morgan fingerprint density at radius 2 is 0.898 bits per heavy atom. The fourth-order valence-corrected chi connectivity index (χ4v) is 9.46. The molecule has 0 amide bonds. The Hall–Kier alpha value is -7.88. The van der Waals surface area contributed by atoms with Crippen molar-refractivity contribution < 1.29 is 0 Å². The Labute approximate surface area is 341 Å². The normalized spacial score (nSPS) is 12.0. The van der Waals surface area contributed by atoms with Crippen molar-refractivity contribution in [2.24, 2.45) is 0 Å². The van der Waals surface area contributed by atoms with Crippen molar-refractivity contribution in [2.75, 3.05) is 4.90 Å². The van der Waals surface area contributed by atoms with Crippen LogP contribution < -0.4 is 4.90 Å². The highest BCUT2D eigenvalue weighted by Crippen LogP contribution is 2.42. The molecule has 10 aromatic carbocycles. The van der Waals surface area contributed by atoms with E-state index in [0.29, 0.717) is 0 Å². The number of benzene rings is 10. The molecule has 2 heterocycles. The summed E-state index contributed by atoms with van der Waals surface area (Å²) in [4.78, 5) is 2.38. The van der Waals surface area contributed by atoms with Gasteiger partial charge < -0.3 is 14.0 Å². The second-order valence-electron chi connectivity index (χ2n) is 15.4. The molecule has 2 aromatic heterocycles. The number of para-hydroxylation sites is 4. The summed E-state index contributed by atoms with van der Waals surface area (Å²) in [6, 6.07) is 77.0. The summed E-state index contributed by atoms with van der Waals surface area (Å²) >= 11 is 0. The highest BCUT2D eigenvalue weighted by atomic mass is 15.1. The van der Waals surface area contributed by atoms with E-state index in [1.165, 1.54) is 82.0 Å². The van der Waals surface area contributed by atoms with Crippen LogP contribution >= 0.6 is 0 Å². The second kappa shape index (κ2) is 13.4. The van der Waals surface area contributed by atoms with Crippen LogP contribution in [0.5, 0.6) is 0 Å². The van der Waals surface area contributed by atoms with Crippen molar-refractivity contribution in [3.8, 4) is 11.4 Å². The third kappa shape index (κ3) is 5.29. The minimum Gasteiger partial charge on any atom is -0.310 e. The van der Waals surface area contributed by atoms with Crippen molar-refractivity contribution in [1.82, 2.24) is 9.13 Å². The van der Waals surface area contributed by atoms with Crippen molar-refractivity contribution in [3.05, 3.63) is 223 Å². The van der Waals surface area contributed by atoms with Gasteiger partial charge in [0.15, 0.2) is 0 Å². The van der Waals surface area contributed by atoms with Crippen LogP contribution in [0.4, 0.5) is 17.1 Å². The number of hydrogen-bond donors (Lipinski definition) is 0. The number of aromatic nitrogens is 2. The van der Waals surface area contributed by atoms with Gasteiger partial charge in [-0.15, -0.1) is 0 Å². The van der Waals surface area contributed by atoms with E-state index >= 15 is 0 Å². The molecule has 276 valence electrons. The highest BCUT2D eigenvalue weighted by molar-refractivity contribution is 6.24. The van der Waals surface area contributed by atoms with E-state index in [9.17, 15) is 0 Å². The monoisotopic (exact) mass is 751 g/mol. The summed E-state index contributed by atoms with van der Waals surface area (Å²) in [6.07, 6.45) is 4.55. The van der Waals surface area contributed by atoms with Crippen LogP contribution in [0.3, 0.4) is 0 Å². The third-order valence-electron chi connectivity index (χ3n) is 12.0. The Bertz CT molecular complexity index is 3480. The first kappa shape index (κ1) is 33.3. The van der Waals surface area contributed by atoms with Crippen molar-refractivity contribution >= 4 is 94.4 Å². The summed E-state index contributed by atoms with van der Waals surface area (Å²) in [5.41, 5.74) is 12.9. The predicted molar refractivity (Wildman–Crippen MR) is 251 cm³/mol. The van der Waals surface area contributed by atoms with Crippen molar-refractivity contribution in [2.45, 2.75) is 0 Å². The maximum Gasteiger partial charge on any atom is 0.0553 e. The van der Waals surface area contributed by atoms with Crippen LogP contribution in [0.15, 0.2) is 212 Å². The fourth-order valence-electron chi connectivity index (χ4n) is 9.46. The second-order valence-corrected chi connectivity index (χ2v) is 15.4. The number of anilines is 3. The van der Waals surface area contributed by atoms with Gasteiger partial charge in [0.1, 0.15) is 0 Å². The zero-order valence-corrected chi connectivity index (χ0v) is 32.2. The third-order valence-corrected chi connectivity index (χ3v) is 12.0. The van der Waals surface area contributed by atoms with Gasteiger partial charge >= 0.3 is 0 Å². The molecular weight excluding hydrogens is 715 g/mol. The molecule has 3 heteroatoms.